The number of hydrogen-bond acceptors (Lipinski definition) is 9. The first-order chi connectivity index (χ1) is 18.4. The number of halogens is 1. The molecule has 0 saturated carbocycles. The van der Waals surface area contributed by atoms with Crippen molar-refractivity contribution in [1.82, 2.24) is 29.6 Å². The van der Waals surface area contributed by atoms with Gasteiger partial charge in [-0.15, -0.1) is 0 Å². The largest absolute Gasteiger partial charge is 0.384 e. The number of nitrogens with zero attached hydrogens (tertiary/aromatic N) is 5. The van der Waals surface area contributed by atoms with E-state index in [2.05, 4.69) is 30.3 Å². The molecule has 0 bridgehead atoms. The van der Waals surface area contributed by atoms with Gasteiger partial charge in [0.2, 0.25) is 0 Å². The van der Waals surface area contributed by atoms with Crippen LogP contribution in [0.4, 0.5) is 11.5 Å². The van der Waals surface area contributed by atoms with Gasteiger partial charge in [-0.25, -0.2) is 20.0 Å². The molecule has 4 aromatic rings. The molecular formula is C25H32ClN8O3P. The number of pyridine rings is 1. The molecule has 0 aliphatic carbocycles. The van der Waals surface area contributed by atoms with Crippen molar-refractivity contribution in [2.24, 2.45) is 5.92 Å². The molecule has 3 atom stereocenters. The molecule has 4 heterocycles. The number of nitrogens with one attached hydrogen (secondary N) is 2. The first kappa shape index (κ1) is 26.8. The van der Waals surface area contributed by atoms with Gasteiger partial charge in [0, 0.05) is 35.4 Å². The van der Waals surface area contributed by atoms with Gasteiger partial charge in [-0.2, -0.15) is 0 Å². The lowest BCUT2D eigenvalue weighted by Gasteiger charge is -2.30. The molecular weight excluding hydrogens is 527 g/mol. The van der Waals surface area contributed by atoms with Gasteiger partial charge in [0.1, 0.15) is 18.2 Å². The maximum atomic E-state index is 13.1. The molecule has 1 fully saturated rings. The van der Waals surface area contributed by atoms with Crippen LogP contribution in [0.2, 0.25) is 5.02 Å². The van der Waals surface area contributed by atoms with Crippen LogP contribution in [-0.4, -0.2) is 56.7 Å². The van der Waals surface area contributed by atoms with Gasteiger partial charge in [-0.05, 0) is 49.9 Å². The lowest BCUT2D eigenvalue weighted by atomic mass is 10.0. The summed E-state index contributed by atoms with van der Waals surface area (Å²) < 4.78 is 26.5. The highest BCUT2D eigenvalue weighted by Gasteiger charge is 2.31. The average molecular weight is 559 g/mol. The molecule has 0 radical (unpaired) electrons. The maximum Gasteiger partial charge on any atom is 0.294 e. The van der Waals surface area contributed by atoms with Crippen molar-refractivity contribution >= 4 is 52.7 Å². The van der Waals surface area contributed by atoms with Gasteiger partial charge in [0.05, 0.1) is 31.1 Å². The van der Waals surface area contributed by atoms with Crippen LogP contribution >= 0.6 is 19.1 Å². The van der Waals surface area contributed by atoms with Crippen LogP contribution in [0.15, 0.2) is 43.1 Å². The first-order valence-electron chi connectivity index (χ1n) is 12.7. The van der Waals surface area contributed by atoms with E-state index in [0.29, 0.717) is 47.6 Å². The maximum absolute atomic E-state index is 13.1. The van der Waals surface area contributed by atoms with E-state index in [-0.39, 0.29) is 12.5 Å². The van der Waals surface area contributed by atoms with Crippen LogP contribution in [0.25, 0.3) is 22.1 Å². The summed E-state index contributed by atoms with van der Waals surface area (Å²) in [6, 6.07) is 7.73. The number of unbranched alkanes of at least 4 members (excludes halogenated alkanes) is 1. The Morgan fingerprint density at radius 3 is 3.03 bits per heavy atom. The molecule has 1 saturated heterocycles. The predicted molar refractivity (Wildman–Crippen MR) is 149 cm³/mol. The molecule has 1 aliphatic rings. The number of rotatable bonds is 11. The van der Waals surface area contributed by atoms with Crippen LogP contribution in [0.1, 0.15) is 26.2 Å². The van der Waals surface area contributed by atoms with Gasteiger partial charge < -0.3 is 24.9 Å². The van der Waals surface area contributed by atoms with Crippen molar-refractivity contribution in [2.45, 2.75) is 38.8 Å². The number of imidazole rings is 1. The monoisotopic (exact) mass is 558 g/mol. The van der Waals surface area contributed by atoms with E-state index in [1.54, 1.807) is 12.5 Å². The second-order valence-corrected chi connectivity index (χ2v) is 12.2. The van der Waals surface area contributed by atoms with E-state index >= 15 is 0 Å². The zero-order chi connectivity index (χ0) is 26.5. The topological polar surface area (TPSA) is 142 Å². The number of fused-ring (bicyclic) bond motifs is 2. The van der Waals surface area contributed by atoms with Crippen LogP contribution in [0.3, 0.4) is 0 Å². The minimum Gasteiger partial charge on any atom is -0.384 e. The minimum absolute atomic E-state index is 0.0136. The number of anilines is 2. The van der Waals surface area contributed by atoms with E-state index in [4.69, 9.17) is 26.6 Å². The SMILES string of the molecule is C[C@H](Cn1cnc2c(N)ncnc21)OCP1(=O)NCC(CCCCNc2ccnc3cc(Cl)ccc23)CO1. The summed E-state index contributed by atoms with van der Waals surface area (Å²) in [5.41, 5.74) is 8.99. The molecule has 1 aliphatic heterocycles. The molecule has 38 heavy (non-hydrogen) atoms. The molecule has 13 heteroatoms. The fourth-order valence-corrected chi connectivity index (χ4v) is 6.37. The summed E-state index contributed by atoms with van der Waals surface area (Å²) in [6.45, 7) is 4.38. The fraction of sp³-hybridized carbons (Fsp3) is 0.440. The third-order valence-corrected chi connectivity index (χ3v) is 8.57. The molecule has 2 unspecified atom stereocenters. The normalized spacial score (nSPS) is 20.6. The Labute approximate surface area is 226 Å². The molecule has 5 rings (SSSR count). The first-order valence-corrected chi connectivity index (χ1v) is 14.9. The van der Waals surface area contributed by atoms with E-state index in [9.17, 15) is 4.57 Å². The van der Waals surface area contributed by atoms with Gasteiger partial charge in [-0.3, -0.25) is 9.55 Å². The summed E-state index contributed by atoms with van der Waals surface area (Å²) >= 11 is 6.08. The lowest BCUT2D eigenvalue weighted by Crippen LogP contribution is -2.33. The molecule has 3 aromatic heterocycles. The van der Waals surface area contributed by atoms with E-state index in [1.165, 1.54) is 6.33 Å². The van der Waals surface area contributed by atoms with E-state index < -0.39 is 7.52 Å². The molecule has 4 N–H and O–H groups in total. The Balaban J connectivity index is 1.00. The number of nitrogen functional groups attached to an aromatic ring is 1. The number of hydrogen-bond donors (Lipinski definition) is 3. The standard InChI is InChI=1S/C25H32ClN8O3P/c1-17(12-34-15-32-23-24(27)30-14-31-25(23)34)36-16-38(35)33-11-18(13-37-38)4-2-3-8-28-21-7-9-29-22-10-19(26)5-6-20(21)22/h5-7,9-10,14-15,17-18H,2-4,8,11-13,16H2,1H3,(H,28,29)(H,33,35)(H2,27,30,31)/t17-,18?,38?/m1/s1. The van der Waals surface area contributed by atoms with Crippen LogP contribution in [0.5, 0.6) is 0 Å². The Morgan fingerprint density at radius 1 is 1.29 bits per heavy atom. The second kappa shape index (κ2) is 11.9. The van der Waals surface area contributed by atoms with Gasteiger partial charge >= 0.3 is 0 Å². The fourth-order valence-electron chi connectivity index (χ4n) is 4.51. The van der Waals surface area contributed by atoms with E-state index in [1.807, 2.05) is 35.8 Å². The van der Waals surface area contributed by atoms with Crippen molar-refractivity contribution in [2.75, 3.05) is 37.1 Å². The Bertz CT molecular complexity index is 1440. The number of nitrogens with two attached hydrogens (primary N) is 1. The lowest BCUT2D eigenvalue weighted by molar-refractivity contribution is 0.0737. The number of aromatic nitrogens is 5. The smallest absolute Gasteiger partial charge is 0.294 e. The summed E-state index contributed by atoms with van der Waals surface area (Å²) in [7, 11) is -3.03. The number of benzene rings is 1. The summed E-state index contributed by atoms with van der Waals surface area (Å²) in [6.07, 6.45) is 7.71. The quantitative estimate of drug-likeness (QED) is 0.175. The summed E-state index contributed by atoms with van der Waals surface area (Å²) in [5.74, 6) is 0.659. The second-order valence-electron chi connectivity index (χ2n) is 9.57. The molecule has 11 nitrogen and oxygen atoms in total. The van der Waals surface area contributed by atoms with Gasteiger partial charge in [-0.1, -0.05) is 18.0 Å². The average Bonchev–Trinajstić information content (AvgIpc) is 3.32. The number of ether oxygens (including phenoxy) is 1. The predicted octanol–water partition coefficient (Wildman–Crippen LogP) is 4.68. The van der Waals surface area contributed by atoms with Crippen molar-refractivity contribution < 1.29 is 13.8 Å². The Hall–Kier alpha value is -2.82. The zero-order valence-corrected chi connectivity index (χ0v) is 22.9. The molecule has 0 spiro atoms. The highest BCUT2D eigenvalue weighted by molar-refractivity contribution is 7.56. The van der Waals surface area contributed by atoms with Crippen molar-refractivity contribution in [3.8, 4) is 0 Å². The third kappa shape index (κ3) is 6.42. The Morgan fingerprint density at radius 2 is 2.18 bits per heavy atom. The molecule has 1 aromatic carbocycles. The van der Waals surface area contributed by atoms with Crippen LogP contribution < -0.4 is 16.1 Å². The summed E-state index contributed by atoms with van der Waals surface area (Å²) in [4.78, 5) is 16.8. The van der Waals surface area contributed by atoms with Crippen LogP contribution in [0, 0.1) is 5.92 Å². The van der Waals surface area contributed by atoms with Crippen molar-refractivity contribution in [3.63, 3.8) is 0 Å². The highest BCUT2D eigenvalue weighted by atomic mass is 35.5. The van der Waals surface area contributed by atoms with Crippen LogP contribution in [-0.2, 0) is 20.4 Å². The van der Waals surface area contributed by atoms with Gasteiger partial charge in [0.15, 0.2) is 11.5 Å². The van der Waals surface area contributed by atoms with E-state index in [0.717, 1.165) is 42.4 Å². The zero-order valence-electron chi connectivity index (χ0n) is 21.2. The molecule has 202 valence electrons. The Kier molecular flexibility index (Phi) is 8.40. The summed E-state index contributed by atoms with van der Waals surface area (Å²) in [5, 5.41) is 8.35. The van der Waals surface area contributed by atoms with Crippen molar-refractivity contribution in [1.29, 1.82) is 0 Å². The van der Waals surface area contributed by atoms with Gasteiger partial charge in [0.25, 0.3) is 7.52 Å². The third-order valence-electron chi connectivity index (χ3n) is 6.61. The minimum atomic E-state index is -3.03. The highest BCUT2D eigenvalue weighted by Crippen LogP contribution is 2.46. The molecule has 0 amide bonds. The van der Waals surface area contributed by atoms with Crippen molar-refractivity contribution in [3.05, 3.63) is 48.1 Å².